The van der Waals surface area contributed by atoms with Gasteiger partial charge in [0, 0.05) is 18.3 Å². The van der Waals surface area contributed by atoms with E-state index in [-0.39, 0.29) is 18.9 Å². The third-order valence-electron chi connectivity index (χ3n) is 3.99. The summed E-state index contributed by atoms with van der Waals surface area (Å²) in [7, 11) is 0. The number of carbonyl (C=O) groups is 2. The van der Waals surface area contributed by atoms with Gasteiger partial charge in [0.15, 0.2) is 0 Å². The molecule has 0 atom stereocenters. The van der Waals surface area contributed by atoms with Crippen molar-refractivity contribution in [3.05, 3.63) is 60.2 Å². The number of nitrogens with zero attached hydrogens (tertiary/aromatic N) is 1. The van der Waals surface area contributed by atoms with Crippen LogP contribution in [0.15, 0.2) is 54.6 Å². The van der Waals surface area contributed by atoms with E-state index in [0.717, 1.165) is 30.1 Å². The highest BCUT2D eigenvalue weighted by molar-refractivity contribution is 5.92. The summed E-state index contributed by atoms with van der Waals surface area (Å²) in [6, 6.07) is 17.5. The van der Waals surface area contributed by atoms with Crippen molar-refractivity contribution < 1.29 is 19.4 Å². The number of nitrogens with two attached hydrogens (primary N) is 1. The molecule has 0 aromatic heterocycles. The normalized spacial score (nSPS) is 10.1. The van der Waals surface area contributed by atoms with E-state index < -0.39 is 5.97 Å². The van der Waals surface area contributed by atoms with E-state index in [1.54, 1.807) is 0 Å². The molecule has 2 rings (SSSR count). The van der Waals surface area contributed by atoms with Gasteiger partial charge in [-0.25, -0.2) is 0 Å². The van der Waals surface area contributed by atoms with Gasteiger partial charge in [-0.1, -0.05) is 50.2 Å². The number of aliphatic carboxylic acids is 1. The van der Waals surface area contributed by atoms with E-state index in [1.165, 1.54) is 0 Å². The highest BCUT2D eigenvalue weighted by Gasteiger charge is 2.08. The van der Waals surface area contributed by atoms with E-state index in [0.29, 0.717) is 13.2 Å². The van der Waals surface area contributed by atoms with Gasteiger partial charge < -0.3 is 20.9 Å². The monoisotopic (exact) mass is 401 g/mol. The second-order valence-electron chi connectivity index (χ2n) is 6.24. The molecule has 1 amide bonds. The van der Waals surface area contributed by atoms with E-state index in [2.05, 4.69) is 24.1 Å². The van der Waals surface area contributed by atoms with Crippen molar-refractivity contribution in [2.45, 2.75) is 26.9 Å². The molecule has 0 unspecified atom stereocenters. The van der Waals surface area contributed by atoms with Gasteiger partial charge in [-0.15, -0.1) is 0 Å². The van der Waals surface area contributed by atoms with Crippen LogP contribution in [0.3, 0.4) is 0 Å². The molecule has 0 saturated heterocycles. The minimum Gasteiger partial charge on any atom is -0.489 e. The maximum absolute atomic E-state index is 12.0. The molecule has 0 aliphatic heterocycles. The Morgan fingerprint density at radius 1 is 1.07 bits per heavy atom. The predicted molar refractivity (Wildman–Crippen MR) is 115 cm³/mol. The zero-order chi connectivity index (χ0) is 21.5. The van der Waals surface area contributed by atoms with Crippen LogP contribution in [-0.4, -0.2) is 48.1 Å². The van der Waals surface area contributed by atoms with Gasteiger partial charge in [0.25, 0.3) is 0 Å². The van der Waals surface area contributed by atoms with Crippen LogP contribution in [0.4, 0.5) is 5.69 Å². The van der Waals surface area contributed by atoms with Gasteiger partial charge in [-0.3, -0.25) is 14.5 Å². The molecule has 0 aliphatic rings. The Bertz CT molecular complexity index is 734. The largest absolute Gasteiger partial charge is 0.489 e. The van der Waals surface area contributed by atoms with Crippen molar-refractivity contribution >= 4 is 17.6 Å². The maximum atomic E-state index is 12.0. The van der Waals surface area contributed by atoms with Crippen LogP contribution >= 0.6 is 0 Å². The molecular weight excluding hydrogens is 370 g/mol. The van der Waals surface area contributed by atoms with Crippen LogP contribution in [0.1, 0.15) is 25.8 Å². The van der Waals surface area contributed by atoms with Crippen molar-refractivity contribution in [3.63, 3.8) is 0 Å². The Hall–Kier alpha value is -2.90. The maximum Gasteiger partial charge on any atom is 0.304 e. The number of hydrogen-bond acceptors (Lipinski definition) is 5. The first-order chi connectivity index (χ1) is 14.0. The summed E-state index contributed by atoms with van der Waals surface area (Å²) in [5, 5.41) is 10.8. The number of carboxylic acid groups (broad SMARTS) is 1. The summed E-state index contributed by atoms with van der Waals surface area (Å²) >= 11 is 0. The summed E-state index contributed by atoms with van der Waals surface area (Å²) in [4.78, 5) is 23.6. The number of rotatable bonds is 10. The minimum atomic E-state index is -0.836. The lowest BCUT2D eigenvalue weighted by atomic mass is 10.2. The number of amides is 1. The molecule has 7 nitrogen and oxygen atoms in total. The molecule has 0 aliphatic carbocycles. The molecule has 2 aromatic carbocycles. The van der Waals surface area contributed by atoms with Crippen molar-refractivity contribution in [2.75, 3.05) is 31.5 Å². The fourth-order valence-electron chi connectivity index (χ4n) is 2.38. The Morgan fingerprint density at radius 3 is 2.31 bits per heavy atom. The SMILES string of the molecule is CCN(CC)CC(=O)Nc1cccc(OCc2ccccc2)c1.NCCC(=O)O. The van der Waals surface area contributed by atoms with Crippen LogP contribution in [-0.2, 0) is 16.2 Å². The van der Waals surface area contributed by atoms with Crippen LogP contribution < -0.4 is 15.8 Å². The van der Waals surface area contributed by atoms with Gasteiger partial charge in [-0.05, 0) is 30.8 Å². The van der Waals surface area contributed by atoms with Crippen molar-refractivity contribution in [1.82, 2.24) is 4.90 Å². The fourth-order valence-corrected chi connectivity index (χ4v) is 2.38. The first-order valence-electron chi connectivity index (χ1n) is 9.69. The first kappa shape index (κ1) is 24.1. The standard InChI is InChI=1S/C19H24N2O2.C3H7NO2/c1-3-21(4-2)14-19(22)20-17-11-8-12-18(13-17)23-15-16-9-6-5-7-10-16;4-2-1-3(5)6/h5-13H,3-4,14-15H2,1-2H3,(H,20,22);1-2,4H2,(H,5,6). The second kappa shape index (κ2) is 14.1. The number of hydrogen-bond donors (Lipinski definition) is 3. The zero-order valence-electron chi connectivity index (χ0n) is 17.1. The van der Waals surface area contributed by atoms with Crippen LogP contribution in [0.25, 0.3) is 0 Å². The lowest BCUT2D eigenvalue weighted by molar-refractivity contribution is -0.136. The average molecular weight is 402 g/mol. The third kappa shape index (κ3) is 10.9. The van der Waals surface area contributed by atoms with Crippen LogP contribution in [0, 0.1) is 0 Å². The number of likely N-dealkylation sites (N-methyl/N-ethyl adjacent to an activating group) is 1. The summed E-state index contributed by atoms with van der Waals surface area (Å²) in [6.45, 7) is 6.98. The molecule has 0 spiro atoms. The van der Waals surface area contributed by atoms with Gasteiger partial charge in [-0.2, -0.15) is 0 Å². The molecule has 2 aromatic rings. The quantitative estimate of drug-likeness (QED) is 0.565. The second-order valence-corrected chi connectivity index (χ2v) is 6.24. The Kier molecular flexibility index (Phi) is 11.8. The Morgan fingerprint density at radius 2 is 1.76 bits per heavy atom. The van der Waals surface area contributed by atoms with Crippen molar-refractivity contribution in [1.29, 1.82) is 0 Å². The minimum absolute atomic E-state index is 0.00564. The van der Waals surface area contributed by atoms with Gasteiger partial charge in [0.1, 0.15) is 12.4 Å². The van der Waals surface area contributed by atoms with Crippen molar-refractivity contribution in [2.24, 2.45) is 5.73 Å². The molecule has 158 valence electrons. The lowest BCUT2D eigenvalue weighted by Crippen LogP contribution is -2.32. The molecule has 0 saturated carbocycles. The number of carboxylic acids is 1. The lowest BCUT2D eigenvalue weighted by Gasteiger charge is -2.17. The molecule has 7 heteroatoms. The predicted octanol–water partition coefficient (Wildman–Crippen LogP) is 2.97. The third-order valence-corrected chi connectivity index (χ3v) is 3.99. The number of nitrogens with one attached hydrogen (secondary N) is 1. The molecule has 0 bridgehead atoms. The first-order valence-corrected chi connectivity index (χ1v) is 9.69. The van der Waals surface area contributed by atoms with Gasteiger partial charge in [0.05, 0.1) is 13.0 Å². The highest BCUT2D eigenvalue weighted by atomic mass is 16.5. The van der Waals surface area contributed by atoms with Gasteiger partial charge in [0.2, 0.25) is 5.91 Å². The number of anilines is 1. The van der Waals surface area contributed by atoms with Crippen LogP contribution in [0.2, 0.25) is 0 Å². The number of carbonyl (C=O) groups excluding carboxylic acids is 1. The van der Waals surface area contributed by atoms with E-state index in [4.69, 9.17) is 15.6 Å². The smallest absolute Gasteiger partial charge is 0.304 e. The summed E-state index contributed by atoms with van der Waals surface area (Å²) in [6.07, 6.45) is 0.0694. The summed E-state index contributed by atoms with van der Waals surface area (Å²) in [5.74, 6) is -0.0964. The molecule has 0 heterocycles. The highest BCUT2D eigenvalue weighted by Crippen LogP contribution is 2.18. The van der Waals surface area contributed by atoms with E-state index in [1.807, 2.05) is 54.6 Å². The molecular formula is C22H31N3O4. The molecule has 4 N–H and O–H groups in total. The van der Waals surface area contributed by atoms with Crippen LogP contribution in [0.5, 0.6) is 5.75 Å². The molecule has 0 radical (unpaired) electrons. The van der Waals surface area contributed by atoms with E-state index >= 15 is 0 Å². The molecule has 0 fully saturated rings. The summed E-state index contributed by atoms with van der Waals surface area (Å²) in [5.41, 5.74) is 6.72. The topological polar surface area (TPSA) is 105 Å². The van der Waals surface area contributed by atoms with Crippen molar-refractivity contribution in [3.8, 4) is 5.75 Å². The average Bonchev–Trinajstić information content (AvgIpc) is 2.72. The number of benzene rings is 2. The van der Waals surface area contributed by atoms with E-state index in [9.17, 15) is 9.59 Å². The Labute approximate surface area is 172 Å². The molecule has 29 heavy (non-hydrogen) atoms. The summed E-state index contributed by atoms with van der Waals surface area (Å²) < 4.78 is 5.78. The fraction of sp³-hybridized carbons (Fsp3) is 0.364. The zero-order valence-corrected chi connectivity index (χ0v) is 17.1. The van der Waals surface area contributed by atoms with Gasteiger partial charge >= 0.3 is 5.97 Å². The Balaban J connectivity index is 0.000000612. The number of ether oxygens (including phenoxy) is 1.